The summed E-state index contributed by atoms with van der Waals surface area (Å²) in [5, 5.41) is 11.3. The maximum absolute atomic E-state index is 13.4. The molecule has 2 rings (SSSR count). The third-order valence-corrected chi connectivity index (χ3v) is 3.15. The predicted octanol–water partition coefficient (Wildman–Crippen LogP) is 3.74. The van der Waals surface area contributed by atoms with Gasteiger partial charge in [0.1, 0.15) is 5.82 Å². The second-order valence-electron chi connectivity index (χ2n) is 4.44. The number of nitrogens with one attached hydrogen (secondary N) is 1. The Bertz CT molecular complexity index is 714. The first-order valence-electron chi connectivity index (χ1n) is 5.99. The van der Waals surface area contributed by atoms with Gasteiger partial charge < -0.3 is 10.4 Å². The molecule has 0 aliphatic carbocycles. The van der Waals surface area contributed by atoms with Crippen LogP contribution in [0.5, 0.6) is 0 Å². The number of carboxylic acid groups (broad SMARTS) is 1. The summed E-state index contributed by atoms with van der Waals surface area (Å²) in [5.74, 6) is -3.06. The molecule has 0 aliphatic heterocycles. The maximum Gasteiger partial charge on any atom is 0.338 e. The molecule has 2 aromatic rings. The van der Waals surface area contributed by atoms with Crippen LogP contribution in [0, 0.1) is 12.7 Å². The van der Waals surface area contributed by atoms with Gasteiger partial charge in [0.2, 0.25) is 0 Å². The molecular formula is C15H11ClFNO3. The zero-order valence-electron chi connectivity index (χ0n) is 11.0. The lowest BCUT2D eigenvalue weighted by Crippen LogP contribution is -2.14. The summed E-state index contributed by atoms with van der Waals surface area (Å²) in [6.45, 7) is 1.90. The highest BCUT2D eigenvalue weighted by Gasteiger charge is 2.18. The Hall–Kier alpha value is -2.40. The van der Waals surface area contributed by atoms with Crippen LogP contribution in [0.15, 0.2) is 36.4 Å². The Morgan fingerprint density at radius 3 is 2.33 bits per heavy atom. The molecule has 0 bridgehead atoms. The Kier molecular flexibility index (Phi) is 4.23. The number of carbonyl (C=O) groups excluding carboxylic acids is 1. The first kappa shape index (κ1) is 15.0. The van der Waals surface area contributed by atoms with E-state index in [0.717, 1.165) is 17.7 Å². The molecule has 0 fully saturated rings. The molecule has 21 heavy (non-hydrogen) atoms. The van der Waals surface area contributed by atoms with Gasteiger partial charge in [0.15, 0.2) is 0 Å². The summed E-state index contributed by atoms with van der Waals surface area (Å²) >= 11 is 5.80. The minimum absolute atomic E-state index is 0.101. The zero-order valence-corrected chi connectivity index (χ0v) is 11.7. The van der Waals surface area contributed by atoms with Crippen LogP contribution in [0.3, 0.4) is 0 Å². The van der Waals surface area contributed by atoms with Crippen LogP contribution in [0.1, 0.15) is 26.3 Å². The van der Waals surface area contributed by atoms with Gasteiger partial charge >= 0.3 is 5.97 Å². The molecule has 4 nitrogen and oxygen atoms in total. The number of carboxylic acids is 1. The van der Waals surface area contributed by atoms with Crippen molar-refractivity contribution in [3.8, 4) is 0 Å². The van der Waals surface area contributed by atoms with Crippen LogP contribution in [0.25, 0.3) is 0 Å². The average molecular weight is 308 g/mol. The molecule has 0 saturated carbocycles. The van der Waals surface area contributed by atoms with Crippen molar-refractivity contribution in [1.82, 2.24) is 0 Å². The molecule has 0 unspecified atom stereocenters. The maximum atomic E-state index is 13.4. The highest BCUT2D eigenvalue weighted by atomic mass is 35.5. The zero-order chi connectivity index (χ0) is 15.6. The van der Waals surface area contributed by atoms with E-state index in [1.165, 1.54) is 0 Å². The summed E-state index contributed by atoms with van der Waals surface area (Å²) in [4.78, 5) is 23.0. The molecule has 2 aromatic carbocycles. The van der Waals surface area contributed by atoms with Crippen molar-refractivity contribution in [2.24, 2.45) is 0 Å². The highest BCUT2D eigenvalue weighted by molar-refractivity contribution is 6.34. The molecule has 0 aromatic heterocycles. The topological polar surface area (TPSA) is 66.4 Å². The molecule has 108 valence electrons. The van der Waals surface area contributed by atoms with Crippen molar-refractivity contribution in [3.05, 3.63) is 63.9 Å². The van der Waals surface area contributed by atoms with Crippen LogP contribution in [0.2, 0.25) is 5.02 Å². The van der Waals surface area contributed by atoms with Gasteiger partial charge in [-0.2, -0.15) is 0 Å². The van der Waals surface area contributed by atoms with Crippen molar-refractivity contribution < 1.29 is 19.1 Å². The van der Waals surface area contributed by atoms with Crippen LogP contribution in [-0.2, 0) is 0 Å². The number of hydrogen-bond donors (Lipinski definition) is 2. The number of halogens is 2. The standard InChI is InChI=1S/C15H11ClFNO3/c1-8-2-4-9(5-3-8)18-14(19)10-6-11(15(20)21)13(17)7-12(10)16/h2-7H,1H3,(H,18,19)(H,20,21). The van der Waals surface area contributed by atoms with E-state index in [2.05, 4.69) is 5.32 Å². The van der Waals surface area contributed by atoms with E-state index < -0.39 is 23.3 Å². The molecular weight excluding hydrogens is 297 g/mol. The quantitative estimate of drug-likeness (QED) is 0.907. The normalized spacial score (nSPS) is 10.2. The number of anilines is 1. The number of carbonyl (C=O) groups is 2. The van der Waals surface area contributed by atoms with Crippen molar-refractivity contribution in [2.45, 2.75) is 6.92 Å². The largest absolute Gasteiger partial charge is 0.478 e. The van der Waals surface area contributed by atoms with E-state index in [-0.39, 0.29) is 10.6 Å². The Morgan fingerprint density at radius 1 is 1.14 bits per heavy atom. The molecule has 0 saturated heterocycles. The van der Waals surface area contributed by atoms with Gasteiger partial charge in [-0.25, -0.2) is 9.18 Å². The van der Waals surface area contributed by atoms with Crippen molar-refractivity contribution in [2.75, 3.05) is 5.32 Å². The van der Waals surface area contributed by atoms with Gasteiger partial charge in [-0.3, -0.25) is 4.79 Å². The predicted molar refractivity (Wildman–Crippen MR) is 77.5 cm³/mol. The highest BCUT2D eigenvalue weighted by Crippen LogP contribution is 2.22. The van der Waals surface area contributed by atoms with Gasteiger partial charge in [-0.05, 0) is 31.2 Å². The molecule has 0 spiro atoms. The van der Waals surface area contributed by atoms with E-state index >= 15 is 0 Å². The van der Waals surface area contributed by atoms with Crippen LogP contribution >= 0.6 is 11.6 Å². The molecule has 0 aliphatic rings. The number of hydrogen-bond acceptors (Lipinski definition) is 2. The van der Waals surface area contributed by atoms with E-state index in [4.69, 9.17) is 16.7 Å². The molecule has 2 N–H and O–H groups in total. The molecule has 6 heteroatoms. The number of aromatic carboxylic acids is 1. The Morgan fingerprint density at radius 2 is 1.76 bits per heavy atom. The average Bonchev–Trinajstić information content (AvgIpc) is 2.40. The summed E-state index contributed by atoms with van der Waals surface area (Å²) < 4.78 is 13.4. The lowest BCUT2D eigenvalue weighted by molar-refractivity contribution is 0.0692. The third kappa shape index (κ3) is 3.38. The van der Waals surface area contributed by atoms with Crippen molar-refractivity contribution in [1.29, 1.82) is 0 Å². The minimum Gasteiger partial charge on any atom is -0.478 e. The number of benzene rings is 2. The first-order chi connectivity index (χ1) is 9.88. The molecule has 0 atom stereocenters. The Balaban J connectivity index is 2.32. The van der Waals surface area contributed by atoms with Crippen molar-refractivity contribution >= 4 is 29.2 Å². The summed E-state index contributed by atoms with van der Waals surface area (Å²) in [5.41, 5.74) is 0.855. The summed E-state index contributed by atoms with van der Waals surface area (Å²) in [6.07, 6.45) is 0. The molecule has 0 radical (unpaired) electrons. The molecule has 0 heterocycles. The fraction of sp³-hybridized carbons (Fsp3) is 0.0667. The summed E-state index contributed by atoms with van der Waals surface area (Å²) in [6, 6.07) is 8.75. The lowest BCUT2D eigenvalue weighted by Gasteiger charge is -2.08. The third-order valence-electron chi connectivity index (χ3n) is 2.84. The van der Waals surface area contributed by atoms with Crippen LogP contribution in [0.4, 0.5) is 10.1 Å². The first-order valence-corrected chi connectivity index (χ1v) is 6.36. The van der Waals surface area contributed by atoms with E-state index in [0.29, 0.717) is 5.69 Å². The van der Waals surface area contributed by atoms with E-state index in [1.54, 1.807) is 12.1 Å². The fourth-order valence-corrected chi connectivity index (χ4v) is 1.96. The number of aryl methyl sites for hydroxylation is 1. The second kappa shape index (κ2) is 5.93. The Labute approximate surface area is 125 Å². The van der Waals surface area contributed by atoms with Gasteiger partial charge in [-0.15, -0.1) is 0 Å². The smallest absolute Gasteiger partial charge is 0.338 e. The van der Waals surface area contributed by atoms with Gasteiger partial charge in [0.05, 0.1) is 16.1 Å². The SMILES string of the molecule is Cc1ccc(NC(=O)c2cc(C(=O)O)c(F)cc2Cl)cc1. The second-order valence-corrected chi connectivity index (χ2v) is 4.84. The number of amides is 1. The molecule has 1 amide bonds. The van der Waals surface area contributed by atoms with Crippen molar-refractivity contribution in [3.63, 3.8) is 0 Å². The van der Waals surface area contributed by atoms with E-state index in [9.17, 15) is 14.0 Å². The van der Waals surface area contributed by atoms with E-state index in [1.807, 2.05) is 19.1 Å². The van der Waals surface area contributed by atoms with Gasteiger partial charge in [0.25, 0.3) is 5.91 Å². The number of rotatable bonds is 3. The van der Waals surface area contributed by atoms with Crippen LogP contribution < -0.4 is 5.32 Å². The summed E-state index contributed by atoms with van der Waals surface area (Å²) in [7, 11) is 0. The van der Waals surface area contributed by atoms with Gasteiger partial charge in [-0.1, -0.05) is 29.3 Å². The lowest BCUT2D eigenvalue weighted by atomic mass is 10.1. The monoisotopic (exact) mass is 307 g/mol. The fourth-order valence-electron chi connectivity index (χ4n) is 1.72. The van der Waals surface area contributed by atoms with Gasteiger partial charge in [0, 0.05) is 5.69 Å². The van der Waals surface area contributed by atoms with Crippen LogP contribution in [-0.4, -0.2) is 17.0 Å². The minimum atomic E-state index is -1.46.